The van der Waals surface area contributed by atoms with Gasteiger partial charge in [0, 0.05) is 12.0 Å². The van der Waals surface area contributed by atoms with Crippen LogP contribution in [0.3, 0.4) is 0 Å². The van der Waals surface area contributed by atoms with Crippen molar-refractivity contribution in [3.8, 4) is 0 Å². The van der Waals surface area contributed by atoms with Gasteiger partial charge in [0.05, 0.1) is 12.6 Å². The topological polar surface area (TPSA) is 32.3 Å². The quantitative estimate of drug-likeness (QED) is 0.706. The number of hydrogen-bond donors (Lipinski definition) is 2. The summed E-state index contributed by atoms with van der Waals surface area (Å²) < 4.78 is 0. The third-order valence-corrected chi connectivity index (χ3v) is 3.04. The van der Waals surface area contributed by atoms with Crippen LogP contribution in [0.2, 0.25) is 0 Å². The molecule has 0 bridgehead atoms. The van der Waals surface area contributed by atoms with Gasteiger partial charge in [-0.3, -0.25) is 0 Å². The number of aliphatic hydroxyl groups excluding tert-OH is 1. The zero-order chi connectivity index (χ0) is 10.2. The molecule has 2 heteroatoms. The molecule has 0 radical (unpaired) electrons. The first kappa shape index (κ1) is 9.69. The van der Waals surface area contributed by atoms with Gasteiger partial charge in [-0.1, -0.05) is 38.1 Å². The van der Waals surface area contributed by atoms with Gasteiger partial charge >= 0.3 is 0 Å². The van der Waals surface area contributed by atoms with E-state index in [0.29, 0.717) is 0 Å². The normalized spacial score (nSPS) is 24.4. The highest BCUT2D eigenvalue weighted by Gasteiger charge is 2.31. The number of nitrogens with one attached hydrogen (secondary N) is 1. The Morgan fingerprint density at radius 3 is 2.86 bits per heavy atom. The summed E-state index contributed by atoms with van der Waals surface area (Å²) in [6.07, 6.45) is 0. The molecule has 0 spiro atoms. The van der Waals surface area contributed by atoms with Crippen molar-refractivity contribution in [1.29, 1.82) is 0 Å². The van der Waals surface area contributed by atoms with Gasteiger partial charge in [0.2, 0.25) is 0 Å². The van der Waals surface area contributed by atoms with Gasteiger partial charge in [0.1, 0.15) is 0 Å². The van der Waals surface area contributed by atoms with Crippen molar-refractivity contribution in [2.45, 2.75) is 25.3 Å². The molecule has 2 nitrogen and oxygen atoms in total. The molecule has 1 aromatic carbocycles. The monoisotopic (exact) mass is 191 g/mol. The number of rotatable bonds is 1. The Balaban J connectivity index is 2.49. The first-order chi connectivity index (χ1) is 6.65. The minimum absolute atomic E-state index is 0.110. The second kappa shape index (κ2) is 3.37. The highest BCUT2D eigenvalue weighted by Crippen LogP contribution is 2.33. The van der Waals surface area contributed by atoms with E-state index >= 15 is 0 Å². The molecule has 1 atom stereocenters. The Hall–Kier alpha value is -0.860. The van der Waals surface area contributed by atoms with Crippen LogP contribution < -0.4 is 5.32 Å². The number of benzene rings is 1. The maximum absolute atomic E-state index is 9.25. The van der Waals surface area contributed by atoms with Crippen molar-refractivity contribution in [3.05, 3.63) is 35.4 Å². The van der Waals surface area contributed by atoms with Gasteiger partial charge in [0.25, 0.3) is 0 Å². The molecule has 2 rings (SSSR count). The van der Waals surface area contributed by atoms with Crippen molar-refractivity contribution in [2.24, 2.45) is 0 Å². The summed E-state index contributed by atoms with van der Waals surface area (Å²) in [6, 6.07) is 8.48. The highest BCUT2D eigenvalue weighted by molar-refractivity contribution is 5.38. The molecule has 0 aliphatic carbocycles. The summed E-state index contributed by atoms with van der Waals surface area (Å²) in [7, 11) is 0. The molecule has 0 saturated heterocycles. The summed E-state index contributed by atoms with van der Waals surface area (Å²) in [5.74, 6) is 0. The molecule has 1 heterocycles. The lowest BCUT2D eigenvalue weighted by molar-refractivity contribution is 0.226. The van der Waals surface area contributed by atoms with E-state index in [9.17, 15) is 5.11 Å². The van der Waals surface area contributed by atoms with E-state index in [1.54, 1.807) is 0 Å². The van der Waals surface area contributed by atoms with Crippen LogP contribution in [0.5, 0.6) is 0 Å². The predicted octanol–water partition coefficient (Wildman–Crippen LogP) is 1.60. The molecule has 0 unspecified atom stereocenters. The molecule has 2 N–H and O–H groups in total. The van der Waals surface area contributed by atoms with Crippen molar-refractivity contribution in [2.75, 3.05) is 13.2 Å². The highest BCUT2D eigenvalue weighted by atomic mass is 16.3. The maximum Gasteiger partial charge on any atom is 0.0626 e. The van der Waals surface area contributed by atoms with Crippen molar-refractivity contribution >= 4 is 0 Å². The lowest BCUT2D eigenvalue weighted by atomic mass is 9.77. The van der Waals surface area contributed by atoms with E-state index < -0.39 is 0 Å². The molecule has 0 aromatic heterocycles. The fraction of sp³-hybridized carbons (Fsp3) is 0.500. The molecule has 1 aliphatic rings. The van der Waals surface area contributed by atoms with E-state index in [-0.39, 0.29) is 18.1 Å². The third-order valence-electron chi connectivity index (χ3n) is 3.04. The second-order valence-corrected chi connectivity index (χ2v) is 4.59. The van der Waals surface area contributed by atoms with Crippen LogP contribution in [0.1, 0.15) is 31.0 Å². The zero-order valence-electron chi connectivity index (χ0n) is 8.75. The number of aliphatic hydroxyl groups is 1. The summed E-state index contributed by atoms with van der Waals surface area (Å²) in [6.45, 7) is 5.56. The van der Waals surface area contributed by atoms with Gasteiger partial charge < -0.3 is 10.4 Å². The average Bonchev–Trinajstić information content (AvgIpc) is 2.18. The molecule has 1 aromatic rings. The average molecular weight is 191 g/mol. The lowest BCUT2D eigenvalue weighted by Crippen LogP contribution is -2.42. The van der Waals surface area contributed by atoms with Crippen molar-refractivity contribution in [1.82, 2.24) is 5.32 Å². The minimum Gasteiger partial charge on any atom is -0.394 e. The van der Waals surface area contributed by atoms with Crippen LogP contribution in [0.25, 0.3) is 0 Å². The van der Waals surface area contributed by atoms with Crippen molar-refractivity contribution in [3.63, 3.8) is 0 Å². The maximum atomic E-state index is 9.25. The molecule has 1 aliphatic heterocycles. The summed E-state index contributed by atoms with van der Waals surface area (Å²) in [5, 5.41) is 12.6. The zero-order valence-corrected chi connectivity index (χ0v) is 8.75. The van der Waals surface area contributed by atoms with Crippen LogP contribution in [0, 0.1) is 0 Å². The summed E-state index contributed by atoms with van der Waals surface area (Å²) in [4.78, 5) is 0. The fourth-order valence-electron chi connectivity index (χ4n) is 2.16. The molecule has 0 fully saturated rings. The standard InChI is InChI=1S/C12H17NO/c1-12(2)8-13-11(7-14)9-5-3-4-6-10(9)12/h3-6,11,13-14H,7-8H2,1-2H3/t11-/m1/s1. The Labute approximate surface area is 85.0 Å². The second-order valence-electron chi connectivity index (χ2n) is 4.59. The smallest absolute Gasteiger partial charge is 0.0626 e. The summed E-state index contributed by atoms with van der Waals surface area (Å²) >= 11 is 0. The van der Waals surface area contributed by atoms with Gasteiger partial charge in [-0.2, -0.15) is 0 Å². The van der Waals surface area contributed by atoms with Crippen LogP contribution >= 0.6 is 0 Å². The first-order valence-electron chi connectivity index (χ1n) is 5.09. The van der Waals surface area contributed by atoms with E-state index in [4.69, 9.17) is 0 Å². The molecule has 0 saturated carbocycles. The number of fused-ring (bicyclic) bond motifs is 1. The molecule has 0 amide bonds. The lowest BCUT2D eigenvalue weighted by Gasteiger charge is -2.37. The Morgan fingerprint density at radius 2 is 2.14 bits per heavy atom. The van der Waals surface area contributed by atoms with Crippen LogP contribution in [0.4, 0.5) is 0 Å². The molecule has 76 valence electrons. The van der Waals surface area contributed by atoms with Gasteiger partial charge in [-0.15, -0.1) is 0 Å². The van der Waals surface area contributed by atoms with Crippen molar-refractivity contribution < 1.29 is 5.11 Å². The third kappa shape index (κ3) is 1.45. The summed E-state index contributed by atoms with van der Waals surface area (Å²) in [5.41, 5.74) is 2.77. The van der Waals surface area contributed by atoms with Gasteiger partial charge in [0.15, 0.2) is 0 Å². The molecular weight excluding hydrogens is 174 g/mol. The Bertz CT molecular complexity index is 333. The SMILES string of the molecule is CC1(C)CN[C@H](CO)c2ccccc21. The number of hydrogen-bond acceptors (Lipinski definition) is 2. The Morgan fingerprint density at radius 1 is 1.43 bits per heavy atom. The predicted molar refractivity (Wildman–Crippen MR) is 57.3 cm³/mol. The van der Waals surface area contributed by atoms with Crippen LogP contribution in [-0.4, -0.2) is 18.3 Å². The largest absolute Gasteiger partial charge is 0.394 e. The van der Waals surface area contributed by atoms with Gasteiger partial charge in [-0.25, -0.2) is 0 Å². The molecular formula is C12H17NO. The van der Waals surface area contributed by atoms with E-state index in [1.807, 2.05) is 6.07 Å². The van der Waals surface area contributed by atoms with Crippen LogP contribution in [-0.2, 0) is 5.41 Å². The van der Waals surface area contributed by atoms with E-state index in [0.717, 1.165) is 6.54 Å². The first-order valence-corrected chi connectivity index (χ1v) is 5.09. The van der Waals surface area contributed by atoms with E-state index in [1.165, 1.54) is 11.1 Å². The fourth-order valence-corrected chi connectivity index (χ4v) is 2.16. The Kier molecular flexibility index (Phi) is 2.33. The minimum atomic E-state index is 0.110. The van der Waals surface area contributed by atoms with Crippen LogP contribution in [0.15, 0.2) is 24.3 Å². The molecule has 14 heavy (non-hydrogen) atoms. The van der Waals surface area contributed by atoms with Gasteiger partial charge in [-0.05, 0) is 11.1 Å². The van der Waals surface area contributed by atoms with E-state index in [2.05, 4.69) is 37.4 Å².